The number of rotatable bonds is 5. The van der Waals surface area contributed by atoms with E-state index in [1.807, 2.05) is 42.6 Å². The van der Waals surface area contributed by atoms with Gasteiger partial charge < -0.3 is 5.32 Å². The van der Waals surface area contributed by atoms with Crippen LogP contribution in [0.4, 0.5) is 11.5 Å². The van der Waals surface area contributed by atoms with Crippen molar-refractivity contribution in [2.45, 2.75) is 13.5 Å². The van der Waals surface area contributed by atoms with Crippen LogP contribution in [0.15, 0.2) is 42.6 Å². The summed E-state index contributed by atoms with van der Waals surface area (Å²) in [5, 5.41) is 22.7. The molecular formula is C15H16N6O2. The average molecular weight is 312 g/mol. The number of nitro groups is 1. The lowest BCUT2D eigenvalue weighted by atomic mass is 10.3. The molecular weight excluding hydrogens is 296 g/mol. The Bertz CT molecular complexity index is 837. The van der Waals surface area contributed by atoms with Crippen molar-refractivity contribution >= 4 is 11.5 Å². The number of para-hydroxylation sites is 1. The zero-order valence-electron chi connectivity index (χ0n) is 12.8. The van der Waals surface area contributed by atoms with Gasteiger partial charge in [-0.25, -0.2) is 9.36 Å². The van der Waals surface area contributed by atoms with Gasteiger partial charge in [0.05, 0.1) is 22.8 Å². The third-order valence-corrected chi connectivity index (χ3v) is 3.48. The van der Waals surface area contributed by atoms with E-state index in [2.05, 4.69) is 15.5 Å². The Labute approximate surface area is 132 Å². The molecule has 23 heavy (non-hydrogen) atoms. The lowest BCUT2D eigenvalue weighted by Crippen LogP contribution is -2.07. The van der Waals surface area contributed by atoms with E-state index in [9.17, 15) is 10.1 Å². The summed E-state index contributed by atoms with van der Waals surface area (Å²) in [6.07, 6.45) is 1.86. The van der Waals surface area contributed by atoms with Crippen LogP contribution in [-0.4, -0.2) is 24.5 Å². The molecule has 8 heteroatoms. The molecule has 0 aliphatic rings. The summed E-state index contributed by atoms with van der Waals surface area (Å²) in [5.41, 5.74) is 2.12. The Morgan fingerprint density at radius 1 is 1.22 bits per heavy atom. The normalized spacial score (nSPS) is 10.7. The van der Waals surface area contributed by atoms with Crippen molar-refractivity contribution in [2.24, 2.45) is 7.05 Å². The van der Waals surface area contributed by atoms with Crippen molar-refractivity contribution in [2.75, 3.05) is 5.32 Å². The van der Waals surface area contributed by atoms with Gasteiger partial charge in [0, 0.05) is 13.2 Å². The average Bonchev–Trinajstić information content (AvgIpc) is 3.10. The van der Waals surface area contributed by atoms with E-state index < -0.39 is 4.92 Å². The summed E-state index contributed by atoms with van der Waals surface area (Å²) in [6.45, 7) is 1.99. The molecule has 0 aliphatic carbocycles. The van der Waals surface area contributed by atoms with E-state index in [0.29, 0.717) is 18.1 Å². The predicted octanol–water partition coefficient (Wildman–Crippen LogP) is 2.43. The van der Waals surface area contributed by atoms with Crippen LogP contribution >= 0.6 is 0 Å². The Morgan fingerprint density at radius 3 is 2.65 bits per heavy atom. The number of aryl methyl sites for hydroxylation is 2. The molecule has 0 bridgehead atoms. The summed E-state index contributed by atoms with van der Waals surface area (Å²) in [6, 6.07) is 11.6. The van der Waals surface area contributed by atoms with E-state index in [1.165, 1.54) is 4.68 Å². The molecule has 3 rings (SSSR count). The first-order valence-electron chi connectivity index (χ1n) is 7.08. The highest BCUT2D eigenvalue weighted by Gasteiger charge is 2.23. The van der Waals surface area contributed by atoms with E-state index in [1.54, 1.807) is 18.7 Å². The largest absolute Gasteiger partial charge is 0.359 e. The van der Waals surface area contributed by atoms with Crippen LogP contribution in [-0.2, 0) is 13.6 Å². The third kappa shape index (κ3) is 2.91. The highest BCUT2D eigenvalue weighted by molar-refractivity contribution is 5.59. The van der Waals surface area contributed by atoms with E-state index in [4.69, 9.17) is 0 Å². The molecule has 0 saturated carbocycles. The molecule has 0 saturated heterocycles. The molecule has 0 radical (unpaired) electrons. The van der Waals surface area contributed by atoms with Gasteiger partial charge in [0.25, 0.3) is 0 Å². The Hall–Kier alpha value is -3.16. The number of benzene rings is 1. The standard InChI is InChI=1S/C15H16N6O2/c1-11-14(21(22)23)15(19(2)17-11)16-10-12-8-9-20(18-12)13-6-4-3-5-7-13/h3-9,16H,10H2,1-2H3. The Balaban J connectivity index is 1.78. The number of nitrogens with zero attached hydrogens (tertiary/aromatic N) is 5. The van der Waals surface area contributed by atoms with Gasteiger partial charge in [-0.3, -0.25) is 10.1 Å². The maximum Gasteiger partial charge on any atom is 0.333 e. The number of hydrogen-bond donors (Lipinski definition) is 1. The van der Waals surface area contributed by atoms with Crippen molar-refractivity contribution in [3.05, 3.63) is 64.1 Å². The van der Waals surface area contributed by atoms with Crippen LogP contribution in [0.5, 0.6) is 0 Å². The first-order chi connectivity index (χ1) is 11.1. The third-order valence-electron chi connectivity index (χ3n) is 3.48. The predicted molar refractivity (Wildman–Crippen MR) is 85.5 cm³/mol. The van der Waals surface area contributed by atoms with Gasteiger partial charge in [0.2, 0.25) is 5.82 Å². The van der Waals surface area contributed by atoms with Gasteiger partial charge in [-0.1, -0.05) is 18.2 Å². The van der Waals surface area contributed by atoms with Gasteiger partial charge >= 0.3 is 5.69 Å². The second-order valence-electron chi connectivity index (χ2n) is 5.10. The number of hydrogen-bond acceptors (Lipinski definition) is 5. The molecule has 2 aromatic heterocycles. The SMILES string of the molecule is Cc1nn(C)c(NCc2ccn(-c3ccccc3)n2)c1[N+](=O)[O-]. The minimum atomic E-state index is -0.423. The molecule has 0 spiro atoms. The van der Waals surface area contributed by atoms with Crippen LogP contribution < -0.4 is 5.32 Å². The minimum Gasteiger partial charge on any atom is -0.359 e. The highest BCUT2D eigenvalue weighted by atomic mass is 16.6. The molecule has 0 unspecified atom stereocenters. The summed E-state index contributed by atoms with van der Waals surface area (Å²) >= 11 is 0. The summed E-state index contributed by atoms with van der Waals surface area (Å²) in [5.74, 6) is 0.377. The lowest BCUT2D eigenvalue weighted by molar-refractivity contribution is -0.384. The second kappa shape index (κ2) is 5.91. The number of anilines is 1. The molecule has 3 aromatic rings. The maximum atomic E-state index is 11.1. The van der Waals surface area contributed by atoms with Crippen molar-refractivity contribution in [3.8, 4) is 5.69 Å². The van der Waals surface area contributed by atoms with Crippen molar-refractivity contribution < 1.29 is 4.92 Å². The molecule has 0 atom stereocenters. The quantitative estimate of drug-likeness (QED) is 0.577. The van der Waals surface area contributed by atoms with Crippen LogP contribution in [0.1, 0.15) is 11.4 Å². The van der Waals surface area contributed by atoms with Crippen molar-refractivity contribution in [1.29, 1.82) is 0 Å². The van der Waals surface area contributed by atoms with Gasteiger partial charge in [-0.05, 0) is 25.1 Å². The van der Waals surface area contributed by atoms with Crippen LogP contribution in [0.2, 0.25) is 0 Å². The first kappa shape index (κ1) is 14.8. The van der Waals surface area contributed by atoms with Gasteiger partial charge in [0.15, 0.2) is 0 Å². The van der Waals surface area contributed by atoms with Gasteiger partial charge in [0.1, 0.15) is 5.69 Å². The van der Waals surface area contributed by atoms with Crippen LogP contribution in [0.3, 0.4) is 0 Å². The zero-order valence-corrected chi connectivity index (χ0v) is 12.8. The maximum absolute atomic E-state index is 11.1. The summed E-state index contributed by atoms with van der Waals surface area (Å²) in [7, 11) is 1.67. The topological polar surface area (TPSA) is 90.8 Å². The highest BCUT2D eigenvalue weighted by Crippen LogP contribution is 2.27. The van der Waals surface area contributed by atoms with E-state index >= 15 is 0 Å². The van der Waals surface area contributed by atoms with Crippen molar-refractivity contribution in [3.63, 3.8) is 0 Å². The smallest absolute Gasteiger partial charge is 0.333 e. The first-order valence-corrected chi connectivity index (χ1v) is 7.08. The summed E-state index contributed by atoms with van der Waals surface area (Å²) < 4.78 is 3.24. The summed E-state index contributed by atoms with van der Waals surface area (Å²) in [4.78, 5) is 10.7. The van der Waals surface area contributed by atoms with Gasteiger partial charge in [-0.15, -0.1) is 0 Å². The fourth-order valence-corrected chi connectivity index (χ4v) is 2.42. The molecule has 0 amide bonds. The second-order valence-corrected chi connectivity index (χ2v) is 5.10. The zero-order chi connectivity index (χ0) is 16.4. The van der Waals surface area contributed by atoms with Gasteiger partial charge in [-0.2, -0.15) is 10.2 Å². The van der Waals surface area contributed by atoms with E-state index in [0.717, 1.165) is 11.4 Å². The van der Waals surface area contributed by atoms with Crippen molar-refractivity contribution in [1.82, 2.24) is 19.6 Å². The minimum absolute atomic E-state index is 0.00464. The lowest BCUT2D eigenvalue weighted by Gasteiger charge is -2.04. The monoisotopic (exact) mass is 312 g/mol. The number of nitrogens with one attached hydrogen (secondary N) is 1. The Kier molecular flexibility index (Phi) is 3.80. The number of aromatic nitrogens is 4. The molecule has 0 aliphatic heterocycles. The van der Waals surface area contributed by atoms with E-state index in [-0.39, 0.29) is 5.69 Å². The molecule has 118 valence electrons. The molecule has 8 nitrogen and oxygen atoms in total. The molecule has 1 aromatic carbocycles. The molecule has 1 N–H and O–H groups in total. The molecule has 0 fully saturated rings. The fourth-order valence-electron chi connectivity index (χ4n) is 2.42. The van der Waals surface area contributed by atoms with Crippen LogP contribution in [0.25, 0.3) is 5.69 Å². The fraction of sp³-hybridized carbons (Fsp3) is 0.200. The Morgan fingerprint density at radius 2 is 1.96 bits per heavy atom. The van der Waals surface area contributed by atoms with Crippen LogP contribution in [0, 0.1) is 17.0 Å². The molecule has 2 heterocycles.